The molecule has 1 saturated heterocycles. The highest BCUT2D eigenvalue weighted by atomic mass is 35.5. The summed E-state index contributed by atoms with van der Waals surface area (Å²) >= 11 is 11.1. The molecule has 0 atom stereocenters. The molecule has 126 valence electrons. The quantitative estimate of drug-likeness (QED) is 0.497. The summed E-state index contributed by atoms with van der Waals surface area (Å²) < 4.78 is 0. The fraction of sp³-hybridized carbons (Fsp3) is 0.105. The minimum absolute atomic E-state index is 0.0425. The van der Waals surface area contributed by atoms with Crippen molar-refractivity contribution in [3.05, 3.63) is 69.8 Å². The number of carbonyl (C=O) groups is 2. The molecule has 0 spiro atoms. The Morgan fingerprint density at radius 2 is 1.64 bits per heavy atom. The van der Waals surface area contributed by atoms with Gasteiger partial charge in [-0.15, -0.1) is 0 Å². The van der Waals surface area contributed by atoms with Crippen molar-refractivity contribution in [2.75, 3.05) is 4.90 Å². The summed E-state index contributed by atoms with van der Waals surface area (Å²) in [7, 11) is 0. The Hall–Kier alpha value is -2.50. The van der Waals surface area contributed by atoms with E-state index >= 15 is 0 Å². The topological polar surface area (TPSA) is 49.4 Å². The highest BCUT2D eigenvalue weighted by Crippen LogP contribution is 2.25. The molecule has 4 nitrogen and oxygen atoms in total. The zero-order valence-electron chi connectivity index (χ0n) is 13.7. The van der Waals surface area contributed by atoms with Crippen LogP contribution in [-0.4, -0.2) is 16.9 Å². The van der Waals surface area contributed by atoms with Gasteiger partial charge in [-0.1, -0.05) is 29.8 Å². The Morgan fingerprint density at radius 1 is 1.04 bits per heavy atom. The predicted molar refractivity (Wildman–Crippen MR) is 104 cm³/mol. The highest BCUT2D eigenvalue weighted by Gasteiger charge is 2.34. The molecule has 1 aliphatic rings. The zero-order valence-corrected chi connectivity index (χ0v) is 15.2. The molecule has 2 amide bonds. The smallest absolute Gasteiger partial charge is 0.270 e. The molecule has 1 fully saturated rings. The molecule has 0 bridgehead atoms. The average molecular weight is 371 g/mol. The molecule has 0 unspecified atom stereocenters. The van der Waals surface area contributed by atoms with Gasteiger partial charge in [-0.25, -0.2) is 0 Å². The first-order valence-electron chi connectivity index (χ1n) is 7.61. The first-order chi connectivity index (χ1) is 11.9. The molecule has 0 saturated carbocycles. The highest BCUT2D eigenvalue weighted by molar-refractivity contribution is 7.80. The molecule has 2 aromatic carbocycles. The number of nitrogens with one attached hydrogen (secondary N) is 1. The van der Waals surface area contributed by atoms with Crippen LogP contribution < -0.4 is 10.2 Å². The Morgan fingerprint density at radius 3 is 2.24 bits per heavy atom. The Balaban J connectivity index is 2.07. The molecule has 1 N–H and O–H groups in total. The second-order valence-corrected chi connectivity index (χ2v) is 6.56. The fourth-order valence-electron chi connectivity index (χ4n) is 2.68. The normalized spacial score (nSPS) is 16.4. The number of amides is 2. The van der Waals surface area contributed by atoms with Gasteiger partial charge < -0.3 is 0 Å². The van der Waals surface area contributed by atoms with Gasteiger partial charge in [0.2, 0.25) is 0 Å². The van der Waals surface area contributed by atoms with Crippen molar-refractivity contribution in [3.63, 3.8) is 0 Å². The van der Waals surface area contributed by atoms with Crippen LogP contribution in [-0.2, 0) is 9.59 Å². The number of nitrogens with zero attached hydrogens (tertiary/aromatic N) is 1. The van der Waals surface area contributed by atoms with Crippen LogP contribution in [0.15, 0.2) is 48.0 Å². The van der Waals surface area contributed by atoms with E-state index < -0.39 is 11.8 Å². The molecule has 3 rings (SSSR count). The van der Waals surface area contributed by atoms with E-state index in [1.54, 1.807) is 30.3 Å². The van der Waals surface area contributed by atoms with Gasteiger partial charge in [0.25, 0.3) is 11.8 Å². The number of hydrogen-bond donors (Lipinski definition) is 1. The molecular formula is C19H15ClN2O2S. The van der Waals surface area contributed by atoms with Gasteiger partial charge >= 0.3 is 0 Å². The van der Waals surface area contributed by atoms with Gasteiger partial charge in [-0.3, -0.25) is 19.8 Å². The third kappa shape index (κ3) is 3.34. The van der Waals surface area contributed by atoms with Gasteiger partial charge in [-0.05, 0) is 73.1 Å². The largest absolute Gasteiger partial charge is 0.298 e. The summed E-state index contributed by atoms with van der Waals surface area (Å²) in [6.07, 6.45) is 1.62. The van der Waals surface area contributed by atoms with Crippen molar-refractivity contribution in [2.45, 2.75) is 13.8 Å². The number of anilines is 1. The molecule has 6 heteroatoms. The summed E-state index contributed by atoms with van der Waals surface area (Å²) in [5, 5.41) is 3.18. The van der Waals surface area contributed by atoms with E-state index in [2.05, 4.69) is 5.32 Å². The molecule has 0 aliphatic carbocycles. The molecule has 0 aromatic heterocycles. The summed E-state index contributed by atoms with van der Waals surface area (Å²) in [5.74, 6) is -0.957. The minimum Gasteiger partial charge on any atom is -0.298 e. The number of hydrogen-bond acceptors (Lipinski definition) is 3. The van der Waals surface area contributed by atoms with Gasteiger partial charge in [0.15, 0.2) is 5.11 Å². The van der Waals surface area contributed by atoms with Crippen molar-refractivity contribution in [1.82, 2.24) is 5.32 Å². The number of aryl methyl sites for hydroxylation is 2. The fourth-order valence-corrected chi connectivity index (χ4v) is 3.09. The van der Waals surface area contributed by atoms with Crippen LogP contribution >= 0.6 is 23.8 Å². The van der Waals surface area contributed by atoms with E-state index in [0.717, 1.165) is 16.7 Å². The van der Waals surface area contributed by atoms with Crippen molar-refractivity contribution >= 4 is 52.5 Å². The van der Waals surface area contributed by atoms with Crippen LogP contribution in [0.1, 0.15) is 16.7 Å². The monoisotopic (exact) mass is 370 g/mol. The molecule has 25 heavy (non-hydrogen) atoms. The molecule has 1 aliphatic heterocycles. The van der Waals surface area contributed by atoms with Gasteiger partial charge in [0, 0.05) is 5.02 Å². The second kappa shape index (κ2) is 6.78. The van der Waals surface area contributed by atoms with E-state index in [1.165, 1.54) is 4.90 Å². The first-order valence-corrected chi connectivity index (χ1v) is 8.40. The SMILES string of the molecule is Cc1cccc(C)c1C=C1C(=O)NC(=S)N(c2ccc(Cl)cc2)C1=O. The maximum absolute atomic E-state index is 12.9. The predicted octanol–water partition coefficient (Wildman–Crippen LogP) is 3.79. The summed E-state index contributed by atoms with van der Waals surface area (Å²) in [5.41, 5.74) is 3.41. The Kier molecular flexibility index (Phi) is 4.70. The summed E-state index contributed by atoms with van der Waals surface area (Å²) in [4.78, 5) is 26.6. The van der Waals surface area contributed by atoms with E-state index in [1.807, 2.05) is 32.0 Å². The number of thiocarbonyl (C=S) groups is 1. The van der Waals surface area contributed by atoms with Crippen LogP contribution in [0.25, 0.3) is 6.08 Å². The summed E-state index contributed by atoms with van der Waals surface area (Å²) in [6.45, 7) is 3.87. The van der Waals surface area contributed by atoms with E-state index in [9.17, 15) is 9.59 Å². The van der Waals surface area contributed by atoms with Crippen LogP contribution in [0, 0.1) is 13.8 Å². The number of rotatable bonds is 2. The van der Waals surface area contributed by atoms with E-state index in [0.29, 0.717) is 10.7 Å². The van der Waals surface area contributed by atoms with Gasteiger partial charge in [0.05, 0.1) is 5.69 Å². The minimum atomic E-state index is -0.497. The van der Waals surface area contributed by atoms with Crippen molar-refractivity contribution < 1.29 is 9.59 Å². The molecular weight excluding hydrogens is 356 g/mol. The lowest BCUT2D eigenvalue weighted by molar-refractivity contribution is -0.122. The maximum atomic E-state index is 12.9. The standard InChI is InChI=1S/C19H15ClN2O2S/c1-11-4-3-5-12(2)15(11)10-16-17(23)21-19(25)22(18(16)24)14-8-6-13(20)7-9-14/h3-10H,1-2H3,(H,21,23,25). The number of carbonyl (C=O) groups excluding carboxylic acids is 2. The van der Waals surface area contributed by atoms with Crippen molar-refractivity contribution in [1.29, 1.82) is 0 Å². The molecule has 1 heterocycles. The van der Waals surface area contributed by atoms with Crippen LogP contribution in [0.2, 0.25) is 5.02 Å². The van der Waals surface area contributed by atoms with Crippen LogP contribution in [0.4, 0.5) is 5.69 Å². The Labute approximate surface area is 156 Å². The number of halogens is 1. The number of benzene rings is 2. The van der Waals surface area contributed by atoms with E-state index in [4.69, 9.17) is 23.8 Å². The third-order valence-electron chi connectivity index (χ3n) is 4.02. The lowest BCUT2D eigenvalue weighted by atomic mass is 9.99. The molecule has 0 radical (unpaired) electrons. The second-order valence-electron chi connectivity index (χ2n) is 5.74. The van der Waals surface area contributed by atoms with Gasteiger partial charge in [-0.2, -0.15) is 0 Å². The van der Waals surface area contributed by atoms with Crippen molar-refractivity contribution in [3.8, 4) is 0 Å². The maximum Gasteiger partial charge on any atom is 0.270 e. The molecule has 2 aromatic rings. The Bertz CT molecular complexity index is 899. The van der Waals surface area contributed by atoms with Gasteiger partial charge in [0.1, 0.15) is 5.57 Å². The van der Waals surface area contributed by atoms with Crippen LogP contribution in [0.3, 0.4) is 0 Å². The van der Waals surface area contributed by atoms with Crippen molar-refractivity contribution in [2.24, 2.45) is 0 Å². The van der Waals surface area contributed by atoms with Crippen LogP contribution in [0.5, 0.6) is 0 Å². The third-order valence-corrected chi connectivity index (χ3v) is 4.55. The average Bonchev–Trinajstić information content (AvgIpc) is 2.55. The lowest BCUT2D eigenvalue weighted by Crippen LogP contribution is -2.54. The first kappa shape index (κ1) is 17.3. The lowest BCUT2D eigenvalue weighted by Gasteiger charge is -2.29. The summed E-state index contributed by atoms with van der Waals surface area (Å²) in [6, 6.07) is 12.5. The van der Waals surface area contributed by atoms with E-state index in [-0.39, 0.29) is 10.7 Å². The zero-order chi connectivity index (χ0) is 18.1.